The fraction of sp³-hybridized carbons (Fsp3) is 0.367. The highest BCUT2D eigenvalue weighted by Crippen LogP contribution is 2.25. The summed E-state index contributed by atoms with van der Waals surface area (Å²) in [5.74, 6) is 2.15. The molecule has 0 aliphatic rings. The first-order chi connectivity index (χ1) is 17.4. The summed E-state index contributed by atoms with van der Waals surface area (Å²) in [6, 6.07) is 24.7. The molecule has 6 nitrogen and oxygen atoms in total. The monoisotopic (exact) mass is 494 g/mol. The third-order valence-corrected chi connectivity index (χ3v) is 5.36. The molecular weight excluding hydrogens is 456 g/mol. The van der Waals surface area contributed by atoms with Gasteiger partial charge in [-0.3, -0.25) is 0 Å². The SMILES string of the molecule is CC.COC(Cc1ccc(OC(C)CCC(C)Oc2ccc(Oc3ccccc3)cc2)cc1)C(=O)O. The fourth-order valence-corrected chi connectivity index (χ4v) is 3.45. The molecule has 3 atom stereocenters. The van der Waals surface area contributed by atoms with Gasteiger partial charge in [-0.2, -0.15) is 0 Å². The lowest BCUT2D eigenvalue weighted by molar-refractivity contribution is -0.148. The summed E-state index contributed by atoms with van der Waals surface area (Å²) in [6.45, 7) is 8.08. The van der Waals surface area contributed by atoms with Gasteiger partial charge in [0.1, 0.15) is 23.0 Å². The van der Waals surface area contributed by atoms with E-state index in [1.807, 2.05) is 107 Å². The second kappa shape index (κ2) is 15.5. The Hall–Kier alpha value is -3.51. The van der Waals surface area contributed by atoms with E-state index in [4.69, 9.17) is 24.1 Å². The van der Waals surface area contributed by atoms with Crippen LogP contribution < -0.4 is 14.2 Å². The molecule has 3 aromatic rings. The summed E-state index contributed by atoms with van der Waals surface area (Å²) < 4.78 is 22.8. The summed E-state index contributed by atoms with van der Waals surface area (Å²) >= 11 is 0. The summed E-state index contributed by atoms with van der Waals surface area (Å²) in [5, 5.41) is 9.11. The highest BCUT2D eigenvalue weighted by Gasteiger charge is 2.17. The lowest BCUT2D eigenvalue weighted by Crippen LogP contribution is -2.24. The van der Waals surface area contributed by atoms with Crippen LogP contribution in [0.4, 0.5) is 0 Å². The van der Waals surface area contributed by atoms with Gasteiger partial charge in [0.25, 0.3) is 0 Å². The maximum Gasteiger partial charge on any atom is 0.333 e. The first kappa shape index (κ1) is 28.7. The lowest BCUT2D eigenvalue weighted by Gasteiger charge is -2.19. The Morgan fingerprint density at radius 1 is 0.722 bits per heavy atom. The van der Waals surface area contributed by atoms with E-state index in [1.54, 1.807) is 0 Å². The number of benzene rings is 3. The molecule has 0 heterocycles. The fourth-order valence-electron chi connectivity index (χ4n) is 3.45. The van der Waals surface area contributed by atoms with Gasteiger partial charge < -0.3 is 24.1 Å². The second-order valence-electron chi connectivity index (χ2n) is 8.23. The van der Waals surface area contributed by atoms with E-state index in [-0.39, 0.29) is 12.2 Å². The zero-order valence-electron chi connectivity index (χ0n) is 21.8. The molecule has 3 unspecified atom stereocenters. The van der Waals surface area contributed by atoms with E-state index < -0.39 is 12.1 Å². The molecule has 6 heteroatoms. The van der Waals surface area contributed by atoms with Gasteiger partial charge >= 0.3 is 5.97 Å². The molecule has 0 saturated heterocycles. The Morgan fingerprint density at radius 2 is 1.17 bits per heavy atom. The average molecular weight is 495 g/mol. The number of aliphatic carboxylic acids is 1. The van der Waals surface area contributed by atoms with Crippen LogP contribution in [0.3, 0.4) is 0 Å². The number of para-hydroxylation sites is 1. The number of methoxy groups -OCH3 is 1. The molecule has 0 amide bonds. The van der Waals surface area contributed by atoms with Gasteiger partial charge in [-0.1, -0.05) is 44.2 Å². The Labute approximate surface area is 214 Å². The minimum atomic E-state index is -0.968. The number of rotatable bonds is 13. The molecule has 0 radical (unpaired) electrons. The normalized spacial score (nSPS) is 12.9. The van der Waals surface area contributed by atoms with Gasteiger partial charge in [-0.15, -0.1) is 0 Å². The predicted octanol–water partition coefficient (Wildman–Crippen LogP) is 7.16. The quantitative estimate of drug-likeness (QED) is 0.272. The Kier molecular flexibility index (Phi) is 12.4. The number of carboxylic acid groups (broad SMARTS) is 1. The van der Waals surface area contributed by atoms with Crippen LogP contribution in [0.2, 0.25) is 0 Å². The molecule has 0 spiro atoms. The highest BCUT2D eigenvalue weighted by atomic mass is 16.5. The maximum absolute atomic E-state index is 11.1. The van der Waals surface area contributed by atoms with E-state index in [2.05, 4.69) is 0 Å². The number of ether oxygens (including phenoxy) is 4. The van der Waals surface area contributed by atoms with E-state index in [1.165, 1.54) is 7.11 Å². The van der Waals surface area contributed by atoms with Crippen molar-refractivity contribution in [2.75, 3.05) is 7.11 Å². The molecule has 36 heavy (non-hydrogen) atoms. The summed E-state index contributed by atoms with van der Waals surface area (Å²) in [4.78, 5) is 11.1. The molecule has 3 rings (SSSR count). The highest BCUT2D eigenvalue weighted by molar-refractivity contribution is 5.72. The molecule has 0 fully saturated rings. The molecular formula is C30H38O6. The lowest BCUT2D eigenvalue weighted by atomic mass is 10.1. The van der Waals surface area contributed by atoms with Crippen LogP contribution in [0, 0.1) is 0 Å². The Bertz CT molecular complexity index is 1000. The van der Waals surface area contributed by atoms with Gasteiger partial charge in [0.15, 0.2) is 6.10 Å². The van der Waals surface area contributed by atoms with Crippen molar-refractivity contribution < 1.29 is 28.8 Å². The Balaban J connectivity index is 0.00000222. The molecule has 1 N–H and O–H groups in total. The number of carboxylic acids is 1. The van der Waals surface area contributed by atoms with Crippen LogP contribution in [0.15, 0.2) is 78.9 Å². The summed E-state index contributed by atoms with van der Waals surface area (Å²) in [7, 11) is 1.40. The average Bonchev–Trinajstić information content (AvgIpc) is 2.90. The third-order valence-electron chi connectivity index (χ3n) is 5.36. The molecule has 0 aliphatic heterocycles. The number of hydrogen-bond acceptors (Lipinski definition) is 5. The van der Waals surface area contributed by atoms with Gasteiger partial charge in [-0.25, -0.2) is 4.79 Å². The van der Waals surface area contributed by atoms with Gasteiger partial charge in [-0.05, 0) is 80.8 Å². The van der Waals surface area contributed by atoms with Crippen molar-refractivity contribution in [3.8, 4) is 23.0 Å². The molecule has 0 aliphatic carbocycles. The molecule has 194 valence electrons. The summed E-state index contributed by atoms with van der Waals surface area (Å²) in [6.07, 6.45) is 1.20. The van der Waals surface area contributed by atoms with Crippen molar-refractivity contribution in [3.05, 3.63) is 84.4 Å². The molecule has 0 saturated carbocycles. The van der Waals surface area contributed by atoms with Gasteiger partial charge in [0.05, 0.1) is 12.2 Å². The van der Waals surface area contributed by atoms with Crippen LogP contribution in [0.25, 0.3) is 0 Å². The summed E-state index contributed by atoms with van der Waals surface area (Å²) in [5.41, 5.74) is 0.886. The van der Waals surface area contributed by atoms with Crippen LogP contribution in [-0.2, 0) is 16.0 Å². The van der Waals surface area contributed by atoms with E-state index in [0.717, 1.165) is 41.4 Å². The molecule has 0 bridgehead atoms. The smallest absolute Gasteiger partial charge is 0.333 e. The topological polar surface area (TPSA) is 74.2 Å². The Morgan fingerprint density at radius 3 is 1.64 bits per heavy atom. The first-order valence-electron chi connectivity index (χ1n) is 12.4. The van der Waals surface area contributed by atoms with Crippen molar-refractivity contribution in [1.82, 2.24) is 0 Å². The number of carbonyl (C=O) groups is 1. The van der Waals surface area contributed by atoms with E-state index in [9.17, 15) is 4.79 Å². The number of hydrogen-bond donors (Lipinski definition) is 1. The van der Waals surface area contributed by atoms with E-state index >= 15 is 0 Å². The van der Waals surface area contributed by atoms with Crippen molar-refractivity contribution in [2.24, 2.45) is 0 Å². The molecule has 0 aromatic heterocycles. The van der Waals surface area contributed by atoms with Gasteiger partial charge in [0.2, 0.25) is 0 Å². The second-order valence-corrected chi connectivity index (χ2v) is 8.23. The van der Waals surface area contributed by atoms with Crippen molar-refractivity contribution in [2.45, 2.75) is 65.3 Å². The zero-order chi connectivity index (χ0) is 26.3. The van der Waals surface area contributed by atoms with Crippen LogP contribution >= 0.6 is 0 Å². The van der Waals surface area contributed by atoms with Crippen LogP contribution in [0.1, 0.15) is 46.1 Å². The first-order valence-corrected chi connectivity index (χ1v) is 12.4. The van der Waals surface area contributed by atoms with Crippen molar-refractivity contribution >= 4 is 5.97 Å². The predicted molar refractivity (Wildman–Crippen MR) is 142 cm³/mol. The van der Waals surface area contributed by atoms with Gasteiger partial charge in [0, 0.05) is 13.5 Å². The zero-order valence-corrected chi connectivity index (χ0v) is 21.8. The standard InChI is InChI=1S/C28H32O6.C2H6/c1-20(32-24-13-11-22(12-14-24)19-27(31-3)28(29)30)9-10-21(2)33-25-15-17-26(18-16-25)34-23-7-5-4-6-8-23;1-2/h4-8,11-18,20-21,27H,9-10,19H2,1-3H3,(H,29,30);1-2H3. The maximum atomic E-state index is 11.1. The minimum Gasteiger partial charge on any atom is -0.491 e. The van der Waals surface area contributed by atoms with Crippen LogP contribution in [-0.4, -0.2) is 36.5 Å². The largest absolute Gasteiger partial charge is 0.491 e. The van der Waals surface area contributed by atoms with Crippen molar-refractivity contribution in [3.63, 3.8) is 0 Å². The van der Waals surface area contributed by atoms with Crippen molar-refractivity contribution in [1.29, 1.82) is 0 Å². The van der Waals surface area contributed by atoms with Crippen LogP contribution in [0.5, 0.6) is 23.0 Å². The van der Waals surface area contributed by atoms with E-state index in [0.29, 0.717) is 6.42 Å². The minimum absolute atomic E-state index is 0.0179. The third kappa shape index (κ3) is 10.0. The molecule has 3 aromatic carbocycles.